The maximum Gasteiger partial charge on any atom is 0.305 e. The Hall–Kier alpha value is -2.83. The van der Waals surface area contributed by atoms with Gasteiger partial charge in [-0.3, -0.25) is 14.4 Å². The van der Waals surface area contributed by atoms with Crippen LogP contribution < -0.4 is 0 Å². The quantitative estimate of drug-likeness (QED) is 0.0190. The number of ether oxygens (including phenoxy) is 7. The Kier molecular flexibility index (Phi) is 42.7. The number of fused-ring (bicyclic) bond motifs is 2. The third kappa shape index (κ3) is 37.1. The van der Waals surface area contributed by atoms with Gasteiger partial charge in [0, 0.05) is 45.7 Å². The number of unbranched alkanes of at least 4 members (excludes halogenated alkanes) is 8. The maximum absolute atomic E-state index is 13.3. The molecule has 0 saturated heterocycles. The first-order valence-corrected chi connectivity index (χ1v) is 32.6. The summed E-state index contributed by atoms with van der Waals surface area (Å²) in [6, 6.07) is 0. The highest BCUT2D eigenvalue weighted by Gasteiger charge is 2.52. The molecular weight excluding hydrogens is 991 g/mol. The number of rotatable bonds is 52. The molecule has 4 unspecified atom stereocenters. The van der Waals surface area contributed by atoms with Gasteiger partial charge in [-0.2, -0.15) is 0 Å². The third-order valence-electron chi connectivity index (χ3n) is 16.2. The minimum absolute atomic E-state index is 0.0841. The molecule has 2 bridgehead atoms. The summed E-state index contributed by atoms with van der Waals surface area (Å²) in [4.78, 5) is 41.5. The van der Waals surface area contributed by atoms with Gasteiger partial charge in [-0.15, -0.1) is 0 Å². The molecule has 0 aromatic carbocycles. The predicted octanol–water partition coefficient (Wildman–Crippen LogP) is 17.5. The molecule has 0 aromatic rings. The predicted molar refractivity (Wildman–Crippen MR) is 326 cm³/mol. The minimum atomic E-state index is -0.410. The van der Waals surface area contributed by atoms with Crippen LogP contribution in [0.25, 0.3) is 0 Å². The molecule has 2 aliphatic carbocycles. The number of hydrogen-bond donors (Lipinski definition) is 0. The first-order chi connectivity index (χ1) is 38.4. The van der Waals surface area contributed by atoms with Crippen molar-refractivity contribution in [1.82, 2.24) is 4.90 Å². The van der Waals surface area contributed by atoms with Gasteiger partial charge in [-0.1, -0.05) is 104 Å². The summed E-state index contributed by atoms with van der Waals surface area (Å²) >= 11 is 0. The van der Waals surface area contributed by atoms with Gasteiger partial charge < -0.3 is 38.1 Å². The topological polar surface area (TPSA) is 119 Å². The van der Waals surface area contributed by atoms with Gasteiger partial charge >= 0.3 is 17.9 Å². The number of allylic oxidation sites excluding steroid dienone is 8. The van der Waals surface area contributed by atoms with E-state index in [1.807, 2.05) is 0 Å². The average molecular weight is 1110 g/mol. The molecule has 0 amide bonds. The zero-order valence-corrected chi connectivity index (χ0v) is 52.3. The van der Waals surface area contributed by atoms with Gasteiger partial charge in [-0.25, -0.2) is 0 Å². The van der Waals surface area contributed by atoms with E-state index in [1.165, 1.54) is 12.8 Å². The van der Waals surface area contributed by atoms with E-state index >= 15 is 0 Å². The summed E-state index contributed by atoms with van der Waals surface area (Å²) in [7, 11) is 0. The largest absolute Gasteiger partial charge is 0.466 e. The van der Waals surface area contributed by atoms with E-state index in [0.29, 0.717) is 71.4 Å². The highest BCUT2D eigenvalue weighted by Crippen LogP contribution is 2.64. The van der Waals surface area contributed by atoms with Crippen molar-refractivity contribution in [3.8, 4) is 0 Å². The molecule has 4 atom stereocenters. The summed E-state index contributed by atoms with van der Waals surface area (Å²) < 4.78 is 42.4. The minimum Gasteiger partial charge on any atom is -0.466 e. The monoisotopic (exact) mass is 1110 g/mol. The summed E-state index contributed by atoms with van der Waals surface area (Å²) in [5, 5.41) is 0. The van der Waals surface area contributed by atoms with Crippen LogP contribution >= 0.6 is 0 Å². The average Bonchev–Trinajstić information content (AvgIpc) is 3.56. The van der Waals surface area contributed by atoms with Crippen molar-refractivity contribution >= 4 is 17.9 Å². The fourth-order valence-electron chi connectivity index (χ4n) is 12.6. The highest BCUT2D eigenvalue weighted by molar-refractivity contribution is 5.70. The van der Waals surface area contributed by atoms with Gasteiger partial charge in [0.25, 0.3) is 0 Å². The smallest absolute Gasteiger partial charge is 0.305 e. The van der Waals surface area contributed by atoms with Crippen molar-refractivity contribution in [2.45, 2.75) is 280 Å². The highest BCUT2D eigenvalue weighted by atomic mass is 16.7. The summed E-state index contributed by atoms with van der Waals surface area (Å²) in [6.45, 7) is 24.6. The van der Waals surface area contributed by atoms with Crippen LogP contribution in [0.1, 0.15) is 267 Å². The van der Waals surface area contributed by atoms with Crippen molar-refractivity contribution < 1.29 is 47.5 Å². The molecule has 0 radical (unpaired) electrons. The fraction of sp³-hybridized carbons (Fsp3) is 0.838. The Bertz CT molecular complexity index is 1590. The van der Waals surface area contributed by atoms with Crippen LogP contribution in [-0.4, -0.2) is 101 Å². The second-order valence-corrected chi connectivity index (χ2v) is 24.0. The molecule has 0 N–H and O–H groups in total. The molecule has 0 spiro atoms. The van der Waals surface area contributed by atoms with Crippen LogP contribution in [0.2, 0.25) is 0 Å². The van der Waals surface area contributed by atoms with E-state index in [0.717, 1.165) is 187 Å². The summed E-state index contributed by atoms with van der Waals surface area (Å²) in [5.41, 5.74) is 0.378. The SMILES string of the molecule is CC/C=C\CCCCOC(CCC(=O)OCCCC1(C)CC2CC(C)(CCCOC(=O)CCCN(CC)CC)CC(CCCOC(=O)CCC(OCCCC/C=C\CC)OCCCC/C=C\CC)(C2)C1)OCCCC/C=C\CC. The van der Waals surface area contributed by atoms with Gasteiger partial charge in [0.05, 0.1) is 32.7 Å². The lowest BCUT2D eigenvalue weighted by atomic mass is 9.47. The first kappa shape index (κ1) is 72.3. The van der Waals surface area contributed by atoms with Crippen molar-refractivity contribution in [2.24, 2.45) is 22.2 Å². The number of esters is 3. The van der Waals surface area contributed by atoms with Crippen molar-refractivity contribution in [3.05, 3.63) is 48.6 Å². The van der Waals surface area contributed by atoms with E-state index in [-0.39, 0.29) is 47.0 Å². The molecule has 2 aliphatic rings. The molecule has 0 aliphatic heterocycles. The molecule has 11 nitrogen and oxygen atoms in total. The van der Waals surface area contributed by atoms with E-state index in [1.54, 1.807) is 0 Å². The lowest BCUT2D eigenvalue weighted by Crippen LogP contribution is -2.47. The summed E-state index contributed by atoms with van der Waals surface area (Å²) in [6.07, 6.45) is 47.7. The van der Waals surface area contributed by atoms with Crippen LogP contribution in [0.5, 0.6) is 0 Å². The Balaban J connectivity index is 2.02. The first-order valence-electron chi connectivity index (χ1n) is 32.6. The van der Waals surface area contributed by atoms with Crippen LogP contribution in [0.4, 0.5) is 0 Å². The molecule has 2 saturated carbocycles. The summed E-state index contributed by atoms with van der Waals surface area (Å²) in [5.74, 6) is 0.130. The van der Waals surface area contributed by atoms with Crippen LogP contribution in [-0.2, 0) is 47.5 Å². The Morgan fingerprint density at radius 2 is 0.785 bits per heavy atom. The Labute approximate surface area is 484 Å². The van der Waals surface area contributed by atoms with E-state index in [9.17, 15) is 14.4 Å². The molecule has 2 fully saturated rings. The van der Waals surface area contributed by atoms with Crippen LogP contribution in [0, 0.1) is 22.2 Å². The zero-order chi connectivity index (χ0) is 57.6. The van der Waals surface area contributed by atoms with Crippen molar-refractivity contribution in [1.29, 1.82) is 0 Å². The second-order valence-electron chi connectivity index (χ2n) is 24.0. The van der Waals surface area contributed by atoms with E-state index in [2.05, 4.69) is 109 Å². The normalized spacial score (nSPS) is 20.6. The number of nitrogens with zero attached hydrogens (tertiary/aromatic N) is 1. The van der Waals surface area contributed by atoms with Gasteiger partial charge in [0.15, 0.2) is 12.6 Å². The van der Waals surface area contributed by atoms with E-state index in [4.69, 9.17) is 33.2 Å². The number of carbonyl (C=O) groups excluding carboxylic acids is 3. The van der Waals surface area contributed by atoms with Gasteiger partial charge in [0.1, 0.15) is 0 Å². The molecule has 79 heavy (non-hydrogen) atoms. The molecule has 458 valence electrons. The molecule has 0 heterocycles. The standard InChI is InChI=1S/C68H121NO10/c1-9-15-19-23-27-31-48-76-64(77-49-32-28-24-20-16-10-2)42-40-62(71)74-53-37-45-67(8)56-60-55-66(7,44-36-52-73-61(70)39-35-47-69(13-5)14-6)58-68(57-60,59-67)46-38-54-75-63(72)41-43-65(78-50-33-29-25-21-17-11-3)79-51-34-30-26-22-18-12-4/h15-22,60,64-65H,9-14,23-59H2,1-8H3/b19-15-,20-16-,21-17-,22-18-. The van der Waals surface area contributed by atoms with E-state index < -0.39 is 12.6 Å². The molecule has 0 aromatic heterocycles. The fourth-order valence-corrected chi connectivity index (χ4v) is 12.6. The lowest BCUT2D eigenvalue weighted by molar-refractivity contribution is -0.159. The number of carbonyl (C=O) groups is 3. The van der Waals surface area contributed by atoms with Gasteiger partial charge in [0.2, 0.25) is 0 Å². The van der Waals surface area contributed by atoms with Crippen LogP contribution in [0.15, 0.2) is 48.6 Å². The molecular formula is C68H121NO10. The van der Waals surface area contributed by atoms with Crippen LogP contribution in [0.3, 0.4) is 0 Å². The number of hydrogen-bond acceptors (Lipinski definition) is 11. The Morgan fingerprint density at radius 3 is 1.14 bits per heavy atom. The van der Waals surface area contributed by atoms with Crippen molar-refractivity contribution in [3.63, 3.8) is 0 Å². The molecule has 11 heteroatoms. The zero-order valence-electron chi connectivity index (χ0n) is 52.3. The van der Waals surface area contributed by atoms with Crippen molar-refractivity contribution in [2.75, 3.05) is 65.9 Å². The molecule has 2 rings (SSSR count). The Morgan fingerprint density at radius 1 is 0.430 bits per heavy atom. The second kappa shape index (κ2) is 46.6. The van der Waals surface area contributed by atoms with Gasteiger partial charge in [-0.05, 0) is 222 Å². The lowest BCUT2D eigenvalue weighted by Gasteiger charge is -2.58. The maximum atomic E-state index is 13.3. The third-order valence-corrected chi connectivity index (χ3v) is 16.2.